The highest BCUT2D eigenvalue weighted by atomic mass is 19.1. The molecule has 0 spiro atoms. The summed E-state index contributed by atoms with van der Waals surface area (Å²) in [6, 6.07) is 13.1. The highest BCUT2D eigenvalue weighted by molar-refractivity contribution is 5.98. The number of para-hydroxylation sites is 1. The van der Waals surface area contributed by atoms with Gasteiger partial charge in [0.2, 0.25) is 0 Å². The lowest BCUT2D eigenvalue weighted by Crippen LogP contribution is -2.50. The van der Waals surface area contributed by atoms with Crippen molar-refractivity contribution in [3.05, 3.63) is 65.5 Å². The van der Waals surface area contributed by atoms with Crippen LogP contribution in [0, 0.1) is 5.82 Å². The lowest BCUT2D eigenvalue weighted by Gasteiger charge is -2.38. The minimum atomic E-state index is -0.340. The van der Waals surface area contributed by atoms with Crippen molar-refractivity contribution in [2.45, 2.75) is 76.5 Å². The first-order chi connectivity index (χ1) is 18.1. The number of urea groups is 1. The quantitative estimate of drug-likeness (QED) is 0.365. The summed E-state index contributed by atoms with van der Waals surface area (Å²) in [5.41, 5.74) is 4.34. The van der Waals surface area contributed by atoms with Gasteiger partial charge in [-0.3, -0.25) is 20.1 Å². The number of likely N-dealkylation sites (tertiary alicyclic amines) is 1. The Morgan fingerprint density at radius 2 is 1.92 bits per heavy atom. The summed E-state index contributed by atoms with van der Waals surface area (Å²) in [7, 11) is 0. The molecule has 2 amide bonds. The van der Waals surface area contributed by atoms with Gasteiger partial charge in [-0.1, -0.05) is 55.7 Å². The number of piperidine rings is 1. The molecular weight excluding hydrogens is 465 g/mol. The number of nitrogens with zero attached hydrogens (tertiary/aromatic N) is 3. The first-order valence-corrected chi connectivity index (χ1v) is 13.7. The Balaban J connectivity index is 1.24. The molecule has 3 aliphatic rings. The van der Waals surface area contributed by atoms with E-state index in [0.29, 0.717) is 11.7 Å². The molecule has 1 unspecified atom stereocenters. The third kappa shape index (κ3) is 6.39. The first-order valence-electron chi connectivity index (χ1n) is 13.7. The molecule has 6 nitrogen and oxygen atoms in total. The fourth-order valence-electron chi connectivity index (χ4n) is 5.78. The Kier molecular flexibility index (Phi) is 8.19. The van der Waals surface area contributed by atoms with Crippen LogP contribution in [0.2, 0.25) is 0 Å². The SMILES string of the molecule is CC1C=Cc2cccc(CN3CCC(N(C(=O)NC=NC4CCCCC4)c4cccc(F)c4)CC3)c2N1. The molecule has 37 heavy (non-hydrogen) atoms. The molecule has 5 rings (SSSR count). The second-order valence-electron chi connectivity index (χ2n) is 10.6. The van der Waals surface area contributed by atoms with E-state index in [9.17, 15) is 9.18 Å². The minimum absolute atomic E-state index is 0.00750. The number of benzene rings is 2. The number of halogens is 1. The number of anilines is 2. The van der Waals surface area contributed by atoms with Crippen molar-refractivity contribution < 1.29 is 9.18 Å². The Hall–Kier alpha value is -3.19. The standard InChI is InChI=1S/C30H38FN5O/c1-22-13-14-23-7-5-8-24(29(23)34-22)20-35-17-15-27(16-18-35)36(28-12-6-9-25(31)19-28)30(37)33-21-32-26-10-3-2-4-11-26/h5-9,12-14,19,21-22,26-27,34H,2-4,10-11,15-18,20H2,1H3,(H,32,33,37). The van der Waals surface area contributed by atoms with E-state index in [4.69, 9.17) is 0 Å². The van der Waals surface area contributed by atoms with Crippen LogP contribution in [0.1, 0.15) is 63.0 Å². The molecule has 2 heterocycles. The number of hydrogen-bond acceptors (Lipinski definition) is 4. The van der Waals surface area contributed by atoms with E-state index in [1.165, 1.54) is 48.2 Å². The number of amides is 2. The van der Waals surface area contributed by atoms with E-state index >= 15 is 0 Å². The van der Waals surface area contributed by atoms with Crippen molar-refractivity contribution in [1.82, 2.24) is 10.2 Å². The molecule has 0 bridgehead atoms. The third-order valence-corrected chi connectivity index (χ3v) is 7.79. The fourth-order valence-corrected chi connectivity index (χ4v) is 5.78. The number of hydrogen-bond donors (Lipinski definition) is 2. The highest BCUT2D eigenvalue weighted by Gasteiger charge is 2.30. The average molecular weight is 504 g/mol. The zero-order chi connectivity index (χ0) is 25.6. The summed E-state index contributed by atoms with van der Waals surface area (Å²) in [5.74, 6) is -0.340. The van der Waals surface area contributed by atoms with Crippen LogP contribution in [0.5, 0.6) is 0 Å². The largest absolute Gasteiger partial charge is 0.378 e. The number of aliphatic imine (C=N–C) groups is 1. The maximum Gasteiger partial charge on any atom is 0.327 e. The van der Waals surface area contributed by atoms with Crippen LogP contribution in [-0.4, -0.2) is 48.5 Å². The molecule has 7 heteroatoms. The summed E-state index contributed by atoms with van der Waals surface area (Å²) >= 11 is 0. The zero-order valence-electron chi connectivity index (χ0n) is 21.7. The number of nitrogens with one attached hydrogen (secondary N) is 2. The van der Waals surface area contributed by atoms with E-state index in [0.717, 1.165) is 45.3 Å². The van der Waals surface area contributed by atoms with Gasteiger partial charge in [-0.25, -0.2) is 9.18 Å². The van der Waals surface area contributed by atoms with Gasteiger partial charge in [0.15, 0.2) is 0 Å². The molecule has 1 aliphatic carbocycles. The Morgan fingerprint density at radius 3 is 2.70 bits per heavy atom. The number of fused-ring (bicyclic) bond motifs is 1. The molecule has 1 saturated carbocycles. The second kappa shape index (κ2) is 11.9. The van der Waals surface area contributed by atoms with Gasteiger partial charge in [0.05, 0.1) is 12.4 Å². The maximum absolute atomic E-state index is 14.1. The Bertz CT molecular complexity index is 1130. The molecule has 196 valence electrons. The fraction of sp³-hybridized carbons (Fsp3) is 0.467. The monoisotopic (exact) mass is 503 g/mol. The van der Waals surface area contributed by atoms with Gasteiger partial charge >= 0.3 is 6.03 Å². The lowest BCUT2D eigenvalue weighted by molar-refractivity contribution is 0.198. The summed E-state index contributed by atoms with van der Waals surface area (Å²) in [5, 5.41) is 6.49. The first kappa shape index (κ1) is 25.5. The normalized spacial score (nSPS) is 21.0. The smallest absolute Gasteiger partial charge is 0.327 e. The maximum atomic E-state index is 14.1. The number of carbonyl (C=O) groups excluding carboxylic acids is 1. The molecule has 1 saturated heterocycles. The summed E-state index contributed by atoms with van der Waals surface area (Å²) in [4.78, 5) is 22.1. The van der Waals surface area contributed by atoms with Crippen molar-refractivity contribution >= 4 is 29.8 Å². The number of rotatable bonds is 6. The summed E-state index contributed by atoms with van der Waals surface area (Å²) in [6.45, 7) is 4.77. The van der Waals surface area contributed by atoms with E-state index < -0.39 is 0 Å². The molecule has 2 aromatic carbocycles. The molecule has 0 radical (unpaired) electrons. The van der Waals surface area contributed by atoms with Crippen molar-refractivity contribution in [2.24, 2.45) is 4.99 Å². The van der Waals surface area contributed by atoms with Crippen molar-refractivity contribution in [3.8, 4) is 0 Å². The lowest BCUT2D eigenvalue weighted by atomic mass is 9.96. The van der Waals surface area contributed by atoms with Crippen LogP contribution in [0.15, 0.2) is 53.5 Å². The molecular formula is C30H38FN5O. The zero-order valence-corrected chi connectivity index (χ0v) is 21.7. The van der Waals surface area contributed by atoms with Gasteiger partial charge in [-0.15, -0.1) is 0 Å². The molecule has 2 N–H and O–H groups in total. The van der Waals surface area contributed by atoms with E-state index in [-0.39, 0.29) is 23.9 Å². The van der Waals surface area contributed by atoms with Gasteiger partial charge in [0.25, 0.3) is 0 Å². The van der Waals surface area contributed by atoms with Crippen molar-refractivity contribution in [3.63, 3.8) is 0 Å². The van der Waals surface area contributed by atoms with Gasteiger partial charge in [0.1, 0.15) is 5.82 Å². The molecule has 2 aromatic rings. The Morgan fingerprint density at radius 1 is 1.14 bits per heavy atom. The predicted molar refractivity (Wildman–Crippen MR) is 150 cm³/mol. The van der Waals surface area contributed by atoms with Gasteiger partial charge in [-0.2, -0.15) is 0 Å². The van der Waals surface area contributed by atoms with E-state index in [2.05, 4.69) is 57.8 Å². The van der Waals surface area contributed by atoms with Crippen molar-refractivity contribution in [2.75, 3.05) is 23.3 Å². The van der Waals surface area contributed by atoms with Gasteiger partial charge in [0, 0.05) is 43.1 Å². The molecule has 2 fully saturated rings. The summed E-state index contributed by atoms with van der Waals surface area (Å²) in [6.07, 6.45) is 13.4. The average Bonchev–Trinajstić information content (AvgIpc) is 2.91. The molecule has 1 atom stereocenters. The van der Waals surface area contributed by atoms with Crippen LogP contribution in [0.4, 0.5) is 20.6 Å². The van der Waals surface area contributed by atoms with Crippen LogP contribution in [0.25, 0.3) is 6.08 Å². The number of carbonyl (C=O) groups is 1. The van der Waals surface area contributed by atoms with Gasteiger partial charge in [-0.05, 0) is 61.9 Å². The summed E-state index contributed by atoms with van der Waals surface area (Å²) < 4.78 is 14.1. The van der Waals surface area contributed by atoms with Crippen LogP contribution in [-0.2, 0) is 6.54 Å². The third-order valence-electron chi connectivity index (χ3n) is 7.79. The molecule has 2 aliphatic heterocycles. The molecule has 0 aromatic heterocycles. The highest BCUT2D eigenvalue weighted by Crippen LogP contribution is 2.30. The second-order valence-corrected chi connectivity index (χ2v) is 10.6. The van der Waals surface area contributed by atoms with E-state index in [1.807, 2.05) is 6.07 Å². The van der Waals surface area contributed by atoms with Crippen LogP contribution >= 0.6 is 0 Å². The predicted octanol–water partition coefficient (Wildman–Crippen LogP) is 6.19. The van der Waals surface area contributed by atoms with Gasteiger partial charge < -0.3 is 5.32 Å². The minimum Gasteiger partial charge on any atom is -0.378 e. The van der Waals surface area contributed by atoms with E-state index in [1.54, 1.807) is 17.3 Å². The Labute approximate surface area is 219 Å². The van der Waals surface area contributed by atoms with Crippen molar-refractivity contribution in [1.29, 1.82) is 0 Å². The van der Waals surface area contributed by atoms with Crippen LogP contribution < -0.4 is 15.5 Å². The topological polar surface area (TPSA) is 60.0 Å². The van der Waals surface area contributed by atoms with Crippen LogP contribution in [0.3, 0.4) is 0 Å².